The first-order chi connectivity index (χ1) is 6.77. The predicted octanol–water partition coefficient (Wildman–Crippen LogP) is -0.245. The number of pyridine rings is 1. The van der Waals surface area contributed by atoms with Crippen LogP contribution in [0.5, 0.6) is 0 Å². The van der Waals surface area contributed by atoms with Gasteiger partial charge < -0.3 is 5.11 Å². The van der Waals surface area contributed by atoms with Crippen LogP contribution < -0.4 is 0 Å². The minimum absolute atomic E-state index is 0.351. The Kier molecular flexibility index (Phi) is 1.90. The van der Waals surface area contributed by atoms with Crippen LogP contribution >= 0.6 is 0 Å². The van der Waals surface area contributed by atoms with Crippen LogP contribution in [0.4, 0.5) is 0 Å². The molecule has 0 aliphatic carbocycles. The minimum atomic E-state index is -1.22. The second-order valence-corrected chi connectivity index (χ2v) is 2.40. The first-order valence-electron chi connectivity index (χ1n) is 3.72. The maximum Gasteiger partial charge on any atom is 0.377 e. The quantitative estimate of drug-likeness (QED) is 0.703. The Morgan fingerprint density at radius 3 is 2.86 bits per heavy atom. The Bertz CT molecular complexity index is 452. The van der Waals surface area contributed by atoms with E-state index in [1.165, 1.54) is 0 Å². The number of aromatic nitrogens is 5. The zero-order valence-electron chi connectivity index (χ0n) is 6.90. The van der Waals surface area contributed by atoms with E-state index >= 15 is 0 Å². The summed E-state index contributed by atoms with van der Waals surface area (Å²) >= 11 is 0. The highest BCUT2D eigenvalue weighted by Gasteiger charge is 2.11. The van der Waals surface area contributed by atoms with Crippen LogP contribution in [0, 0.1) is 0 Å². The standard InChI is InChI=1S/C7H5N5O2/c13-7(14)6-9-11-12(10-6)5-3-1-2-4-8-5/h1-4H,(H,13,14). The predicted molar refractivity (Wildman–Crippen MR) is 43.9 cm³/mol. The van der Waals surface area contributed by atoms with Crippen LogP contribution in [0.15, 0.2) is 24.4 Å². The Morgan fingerprint density at radius 1 is 1.43 bits per heavy atom. The van der Waals surface area contributed by atoms with Gasteiger partial charge in [0, 0.05) is 6.20 Å². The highest BCUT2D eigenvalue weighted by Crippen LogP contribution is 1.97. The highest BCUT2D eigenvalue weighted by atomic mass is 16.4. The fourth-order valence-corrected chi connectivity index (χ4v) is 0.869. The number of tetrazole rings is 1. The van der Waals surface area contributed by atoms with E-state index in [0.717, 1.165) is 4.80 Å². The lowest BCUT2D eigenvalue weighted by Crippen LogP contribution is -2.03. The van der Waals surface area contributed by atoms with Crippen molar-refractivity contribution in [1.29, 1.82) is 0 Å². The summed E-state index contributed by atoms with van der Waals surface area (Å²) in [7, 11) is 0. The molecule has 2 aromatic rings. The van der Waals surface area contributed by atoms with Gasteiger partial charge in [0.25, 0.3) is 5.82 Å². The van der Waals surface area contributed by atoms with Gasteiger partial charge in [-0.25, -0.2) is 9.78 Å². The summed E-state index contributed by atoms with van der Waals surface area (Å²) in [4.78, 5) is 15.4. The van der Waals surface area contributed by atoms with Crippen molar-refractivity contribution >= 4 is 5.97 Å². The zero-order chi connectivity index (χ0) is 9.97. The largest absolute Gasteiger partial charge is 0.475 e. The lowest BCUT2D eigenvalue weighted by Gasteiger charge is -1.93. The fraction of sp³-hybridized carbons (Fsp3) is 0. The van der Waals surface area contributed by atoms with Gasteiger partial charge in [-0.2, -0.15) is 0 Å². The van der Waals surface area contributed by atoms with Crippen molar-refractivity contribution in [3.05, 3.63) is 30.2 Å². The van der Waals surface area contributed by atoms with Gasteiger partial charge in [-0.1, -0.05) is 6.07 Å². The number of hydrogen-bond donors (Lipinski definition) is 1. The van der Waals surface area contributed by atoms with E-state index in [1.807, 2.05) is 0 Å². The average Bonchev–Trinajstić information content (AvgIpc) is 2.68. The molecular formula is C7H5N5O2. The third kappa shape index (κ3) is 1.42. The maximum absolute atomic E-state index is 10.4. The molecule has 0 aliphatic heterocycles. The Balaban J connectivity index is 2.39. The number of carboxylic acid groups (broad SMARTS) is 1. The van der Waals surface area contributed by atoms with Gasteiger partial charge >= 0.3 is 5.97 Å². The molecule has 0 aliphatic rings. The molecule has 0 spiro atoms. The van der Waals surface area contributed by atoms with Crippen molar-refractivity contribution in [3.8, 4) is 5.82 Å². The summed E-state index contributed by atoms with van der Waals surface area (Å²) in [6.45, 7) is 0. The summed E-state index contributed by atoms with van der Waals surface area (Å²) in [5.74, 6) is -1.14. The van der Waals surface area contributed by atoms with Crippen LogP contribution in [-0.2, 0) is 0 Å². The van der Waals surface area contributed by atoms with E-state index in [1.54, 1.807) is 24.4 Å². The van der Waals surface area contributed by atoms with Gasteiger partial charge in [-0.05, 0) is 17.3 Å². The molecule has 0 unspecified atom stereocenters. The smallest absolute Gasteiger partial charge is 0.377 e. The van der Waals surface area contributed by atoms with Crippen molar-refractivity contribution in [2.24, 2.45) is 0 Å². The Labute approximate surface area is 78.0 Å². The molecule has 0 radical (unpaired) electrons. The number of rotatable bonds is 2. The van der Waals surface area contributed by atoms with E-state index in [9.17, 15) is 4.79 Å². The van der Waals surface area contributed by atoms with Crippen molar-refractivity contribution in [1.82, 2.24) is 25.2 Å². The van der Waals surface area contributed by atoms with Gasteiger partial charge in [0.15, 0.2) is 5.82 Å². The maximum atomic E-state index is 10.4. The van der Waals surface area contributed by atoms with Crippen LogP contribution in [0.3, 0.4) is 0 Å². The Morgan fingerprint density at radius 2 is 2.29 bits per heavy atom. The summed E-state index contributed by atoms with van der Waals surface area (Å²) < 4.78 is 0. The summed E-state index contributed by atoms with van der Waals surface area (Å²) in [5.41, 5.74) is 0. The molecule has 1 N–H and O–H groups in total. The molecule has 2 aromatic heterocycles. The molecule has 2 rings (SSSR count). The normalized spacial score (nSPS) is 10.0. The highest BCUT2D eigenvalue weighted by molar-refractivity contribution is 5.82. The molecule has 70 valence electrons. The molecule has 0 amide bonds. The number of carbonyl (C=O) groups is 1. The molecule has 14 heavy (non-hydrogen) atoms. The van der Waals surface area contributed by atoms with Gasteiger partial charge in [-0.3, -0.25) is 0 Å². The topological polar surface area (TPSA) is 93.8 Å². The minimum Gasteiger partial charge on any atom is -0.475 e. The van der Waals surface area contributed by atoms with E-state index in [-0.39, 0.29) is 5.82 Å². The van der Waals surface area contributed by atoms with Crippen LogP contribution in [0.2, 0.25) is 0 Å². The number of hydrogen-bond acceptors (Lipinski definition) is 5. The van der Waals surface area contributed by atoms with Gasteiger partial charge in [0.2, 0.25) is 0 Å². The molecule has 0 saturated carbocycles. The molecule has 0 saturated heterocycles. The van der Waals surface area contributed by atoms with Crippen molar-refractivity contribution in [2.45, 2.75) is 0 Å². The molecule has 0 bridgehead atoms. The second-order valence-electron chi connectivity index (χ2n) is 2.40. The van der Waals surface area contributed by atoms with E-state index in [0.29, 0.717) is 5.82 Å². The third-order valence-electron chi connectivity index (χ3n) is 1.46. The Hall–Kier alpha value is -2.31. The molecule has 0 atom stereocenters. The van der Waals surface area contributed by atoms with Gasteiger partial charge in [0.05, 0.1) is 0 Å². The van der Waals surface area contributed by atoms with Gasteiger partial charge in [0.1, 0.15) is 0 Å². The van der Waals surface area contributed by atoms with Crippen molar-refractivity contribution < 1.29 is 9.90 Å². The van der Waals surface area contributed by atoms with E-state index in [4.69, 9.17) is 5.11 Å². The lowest BCUT2D eigenvalue weighted by molar-refractivity contribution is 0.0683. The van der Waals surface area contributed by atoms with Gasteiger partial charge in [-0.15, -0.1) is 15.0 Å². The zero-order valence-corrected chi connectivity index (χ0v) is 6.90. The number of aromatic carboxylic acids is 1. The van der Waals surface area contributed by atoms with Crippen LogP contribution in [0.25, 0.3) is 5.82 Å². The monoisotopic (exact) mass is 191 g/mol. The van der Waals surface area contributed by atoms with Crippen LogP contribution in [-0.4, -0.2) is 36.3 Å². The lowest BCUT2D eigenvalue weighted by atomic mass is 10.5. The molecule has 2 heterocycles. The number of carboxylic acids is 1. The first kappa shape index (κ1) is 8.30. The van der Waals surface area contributed by atoms with Crippen LogP contribution in [0.1, 0.15) is 10.6 Å². The fourth-order valence-electron chi connectivity index (χ4n) is 0.869. The summed E-state index contributed by atoms with van der Waals surface area (Å²) in [6.07, 6.45) is 1.55. The molecule has 0 aromatic carbocycles. The second kappa shape index (κ2) is 3.21. The van der Waals surface area contributed by atoms with E-state index in [2.05, 4.69) is 20.4 Å². The molecule has 7 nitrogen and oxygen atoms in total. The summed E-state index contributed by atoms with van der Waals surface area (Å²) in [5, 5.41) is 19.0. The molecule has 7 heteroatoms. The van der Waals surface area contributed by atoms with E-state index < -0.39 is 5.97 Å². The number of nitrogens with zero attached hydrogens (tertiary/aromatic N) is 5. The molecular weight excluding hydrogens is 186 g/mol. The average molecular weight is 191 g/mol. The SMILES string of the molecule is O=C(O)c1nnn(-c2ccccn2)n1. The molecule has 0 fully saturated rings. The van der Waals surface area contributed by atoms with Crippen molar-refractivity contribution in [3.63, 3.8) is 0 Å². The first-order valence-corrected chi connectivity index (χ1v) is 3.72. The van der Waals surface area contributed by atoms with Crippen molar-refractivity contribution in [2.75, 3.05) is 0 Å². The third-order valence-corrected chi connectivity index (χ3v) is 1.46. The summed E-state index contributed by atoms with van der Waals surface area (Å²) in [6, 6.07) is 5.12.